The first kappa shape index (κ1) is 55.6. The molecule has 4 aromatic carbocycles. The van der Waals surface area contributed by atoms with E-state index in [4.69, 9.17) is 19.9 Å². The van der Waals surface area contributed by atoms with Crippen molar-refractivity contribution in [3.63, 3.8) is 0 Å². The van der Waals surface area contributed by atoms with Gasteiger partial charge in [-0.1, -0.05) is 72.8 Å². The van der Waals surface area contributed by atoms with Crippen LogP contribution < -0.4 is 98.6 Å². The Labute approximate surface area is 466 Å². The molecule has 331 valence electrons. The van der Waals surface area contributed by atoms with Crippen LogP contribution in [0.1, 0.15) is 22.8 Å². The van der Waals surface area contributed by atoms with Crippen LogP contribution in [0.15, 0.2) is 141 Å². The van der Waals surface area contributed by atoms with Gasteiger partial charge in [-0.25, -0.2) is 43.6 Å². The van der Waals surface area contributed by atoms with E-state index in [0.29, 0.717) is 89.4 Å². The fraction of sp³-hybridized carbons (Fsp3) is 0. The summed E-state index contributed by atoms with van der Waals surface area (Å²) in [6, 6.07) is 27.2. The van der Waals surface area contributed by atoms with Crippen LogP contribution in [0, 0.1) is 0 Å². The number of fused-ring (bicyclic) bond motifs is 8. The second-order valence-corrected chi connectivity index (χ2v) is 19.8. The zero-order chi connectivity index (χ0) is 45.3. The smallest absolute Gasteiger partial charge is 0.744 e. The zero-order valence-electron chi connectivity index (χ0n) is 35.5. The van der Waals surface area contributed by atoms with Crippen LogP contribution in [0.2, 0.25) is 0 Å². The third-order valence-electron chi connectivity index (χ3n) is 10.3. The third kappa shape index (κ3) is 11.4. The first-order valence-corrected chi connectivity index (χ1v) is 24.2. The Hall–Kier alpha value is -3.36. The van der Waals surface area contributed by atoms with Crippen LogP contribution >= 0.6 is 0 Å². The van der Waals surface area contributed by atoms with Crippen molar-refractivity contribution in [1.82, 2.24) is 19.9 Å². The van der Waals surface area contributed by atoms with Crippen LogP contribution in [-0.2, 0) is 57.5 Å². The average Bonchev–Trinajstić information content (AvgIpc) is 4.08. The number of benzene rings is 4. The molecule has 9 rings (SSSR count). The van der Waals surface area contributed by atoms with Crippen LogP contribution in [0.3, 0.4) is 0 Å². The molecule has 0 atom stereocenters. The Kier molecular flexibility index (Phi) is 17.3. The van der Waals surface area contributed by atoms with Gasteiger partial charge in [-0.05, 0) is 117 Å². The summed E-state index contributed by atoms with van der Waals surface area (Å²) in [5.41, 5.74) is 5.63. The van der Waals surface area contributed by atoms with E-state index in [1.165, 1.54) is 48.5 Å². The maximum Gasteiger partial charge on any atom is 2.00 e. The van der Waals surface area contributed by atoms with Gasteiger partial charge in [-0.3, -0.25) is 0 Å². The van der Waals surface area contributed by atoms with Crippen molar-refractivity contribution in [1.29, 1.82) is 0 Å². The molecule has 1 radical (unpaired) electrons. The predicted molar refractivity (Wildman–Crippen MR) is 230 cm³/mol. The molecule has 0 fully saturated rings. The van der Waals surface area contributed by atoms with Gasteiger partial charge in [0.05, 0.1) is 42.4 Å². The largest absolute Gasteiger partial charge is 2.00 e. The molecule has 0 saturated carbocycles. The standard InChI is InChI=1S/C44H28N4O12S4.Cu.3Na/c49-61(50,51)29-9-1-25(2-10-29)41-33-17-19-35(45-33)42(26-3-11-30(12-4-26)62(52,53)54)37-21-23-39(47-37)44(28-7-15-32(16-8-28)64(58,59)60)40-24-22-38(48-40)43(36-20-18-34(41)46-36)27-5-13-31(14-6-27)63(55,56)57;;;;/h1-24H,(H,49,50,51)(H,52,53,54)(H,55,56,57)(H,58,59,60);;;;/q-2;+2;3*+1/p-4. The van der Waals surface area contributed by atoms with Gasteiger partial charge in [0.15, 0.2) is 0 Å². The minimum atomic E-state index is -4.82. The molecular formula is C44H24CuN4Na3O12S4-. The summed E-state index contributed by atoms with van der Waals surface area (Å²) in [5.74, 6) is 0. The van der Waals surface area contributed by atoms with Crippen LogP contribution in [0.4, 0.5) is 0 Å². The van der Waals surface area contributed by atoms with Crippen molar-refractivity contribution in [2.75, 3.05) is 0 Å². The first-order chi connectivity index (χ1) is 30.2. The van der Waals surface area contributed by atoms with E-state index in [0.717, 1.165) is 48.5 Å². The van der Waals surface area contributed by atoms with Crippen molar-refractivity contribution < 1.29 is 158 Å². The molecule has 5 heterocycles. The van der Waals surface area contributed by atoms with Crippen molar-refractivity contribution in [3.8, 4) is 44.5 Å². The zero-order valence-corrected chi connectivity index (χ0v) is 45.7. The predicted octanol–water partition coefficient (Wildman–Crippen LogP) is -2.79. The molecule has 0 saturated heterocycles. The molecule has 0 unspecified atom stereocenters. The summed E-state index contributed by atoms with van der Waals surface area (Å²) >= 11 is 0. The Morgan fingerprint density at radius 2 is 0.485 bits per heavy atom. The Bertz CT molecular complexity index is 3320. The van der Waals surface area contributed by atoms with Gasteiger partial charge in [0, 0.05) is 0 Å². The summed E-state index contributed by atoms with van der Waals surface area (Å²) < 4.78 is 143. The van der Waals surface area contributed by atoms with Gasteiger partial charge < -0.3 is 28.2 Å². The maximum absolute atomic E-state index is 11.9. The SMILES string of the molecule is O=S(=O)([O-])c1ccc(-c2c3nc(c(-c4ccc(S(=O)(=O)[O-])cc4)c4ccc([n-]4)c(-c4ccc(S(=O)(=O)[O-])cc4)c4nc(c(-c5ccc(S(=O)(=O)[O-])cc5)c5ccc2[n-]5)C=C4)C=C3)cc1.[Cu+2].[Na+].[Na+].[Na+]. The van der Waals surface area contributed by atoms with Crippen molar-refractivity contribution in [2.45, 2.75) is 19.6 Å². The first-order valence-electron chi connectivity index (χ1n) is 18.5. The molecule has 8 bridgehead atoms. The van der Waals surface area contributed by atoms with E-state index in [1.807, 2.05) is 0 Å². The molecule has 16 nitrogen and oxygen atoms in total. The van der Waals surface area contributed by atoms with Gasteiger partial charge in [0.2, 0.25) is 0 Å². The Morgan fingerprint density at radius 1 is 0.309 bits per heavy atom. The van der Waals surface area contributed by atoms with E-state index >= 15 is 0 Å². The van der Waals surface area contributed by atoms with Gasteiger partial charge in [-0.15, -0.1) is 22.1 Å². The molecule has 3 aromatic heterocycles. The normalized spacial score (nSPS) is 12.3. The number of nitrogens with zero attached hydrogens (tertiary/aromatic N) is 4. The molecule has 0 aliphatic carbocycles. The van der Waals surface area contributed by atoms with Crippen molar-refractivity contribution >= 4 is 86.8 Å². The van der Waals surface area contributed by atoms with Crippen molar-refractivity contribution in [3.05, 3.63) is 144 Å². The summed E-state index contributed by atoms with van der Waals surface area (Å²) in [5, 5.41) is 0. The van der Waals surface area contributed by atoms with Crippen LogP contribution in [-0.4, -0.2) is 61.9 Å². The Balaban J connectivity index is 0.00000216. The Morgan fingerprint density at radius 3 is 0.647 bits per heavy atom. The van der Waals surface area contributed by atoms with Crippen molar-refractivity contribution in [2.24, 2.45) is 0 Å². The molecule has 24 heteroatoms. The molecule has 2 aliphatic heterocycles. The molecule has 0 N–H and O–H groups in total. The van der Waals surface area contributed by atoms with Gasteiger partial charge in [0.1, 0.15) is 40.5 Å². The molecule has 7 aromatic rings. The number of hydrogen-bond acceptors (Lipinski definition) is 14. The third-order valence-corrected chi connectivity index (χ3v) is 13.7. The van der Waals surface area contributed by atoms with Crippen LogP contribution in [0.5, 0.6) is 0 Å². The fourth-order valence-corrected chi connectivity index (χ4v) is 9.30. The summed E-state index contributed by atoms with van der Waals surface area (Å²) in [6.45, 7) is 0. The van der Waals surface area contributed by atoms with Gasteiger partial charge in [-0.2, -0.15) is 0 Å². The second kappa shape index (κ2) is 21.2. The van der Waals surface area contributed by atoms with Gasteiger partial charge >= 0.3 is 106 Å². The van der Waals surface area contributed by atoms with E-state index in [2.05, 4.69) is 0 Å². The monoisotopic (exact) mass is 1060 g/mol. The summed E-state index contributed by atoms with van der Waals surface area (Å²) in [7, 11) is -19.3. The van der Waals surface area contributed by atoms with E-state index in [-0.39, 0.29) is 106 Å². The average molecular weight is 1060 g/mol. The van der Waals surface area contributed by atoms with E-state index in [9.17, 15) is 51.9 Å². The number of aromatic nitrogens is 4. The van der Waals surface area contributed by atoms with E-state index < -0.39 is 60.1 Å². The number of rotatable bonds is 8. The van der Waals surface area contributed by atoms with Crippen LogP contribution in [0.25, 0.3) is 90.9 Å². The molecule has 68 heavy (non-hydrogen) atoms. The molecular weight excluding hydrogens is 1040 g/mol. The fourth-order valence-electron chi connectivity index (χ4n) is 7.42. The number of hydrogen-bond donors (Lipinski definition) is 0. The molecule has 0 amide bonds. The minimum absolute atomic E-state index is 0. The quantitative estimate of drug-likeness (QED) is 0.110. The summed E-state index contributed by atoms with van der Waals surface area (Å²) in [6.07, 6.45) is 6.65. The second-order valence-electron chi connectivity index (χ2n) is 14.3. The molecule has 0 spiro atoms. The minimum Gasteiger partial charge on any atom is -0.744 e. The molecule has 2 aliphatic rings. The topological polar surface area (TPSA) is 283 Å². The maximum atomic E-state index is 11.9. The van der Waals surface area contributed by atoms with Gasteiger partial charge in [0.25, 0.3) is 0 Å². The van der Waals surface area contributed by atoms with E-state index in [1.54, 1.807) is 48.6 Å². The summed E-state index contributed by atoms with van der Waals surface area (Å²) in [4.78, 5) is 18.0.